The number of amides is 1. The highest BCUT2D eigenvalue weighted by Crippen LogP contribution is 2.45. The first-order chi connectivity index (χ1) is 21.5. The zero-order chi connectivity index (χ0) is 30.3. The van der Waals surface area contributed by atoms with E-state index in [0.29, 0.717) is 29.3 Å². The van der Waals surface area contributed by atoms with Crippen molar-refractivity contribution in [1.82, 2.24) is 19.4 Å². The van der Waals surface area contributed by atoms with E-state index in [0.717, 1.165) is 50.2 Å². The Kier molecular flexibility index (Phi) is 7.75. The fourth-order valence-electron chi connectivity index (χ4n) is 8.45. The quantitative estimate of drug-likeness (QED) is 0.228. The molecule has 4 heterocycles. The lowest BCUT2D eigenvalue weighted by Crippen LogP contribution is -2.49. The minimum absolute atomic E-state index is 0.0329. The first-order valence-corrected chi connectivity index (χ1v) is 16.2. The van der Waals surface area contributed by atoms with Gasteiger partial charge < -0.3 is 14.2 Å². The molecule has 3 aromatic carbocycles. The van der Waals surface area contributed by atoms with Gasteiger partial charge in [0.15, 0.2) is 0 Å². The monoisotopic (exact) mass is 590 g/mol. The van der Waals surface area contributed by atoms with E-state index in [9.17, 15) is 9.59 Å². The van der Waals surface area contributed by atoms with E-state index in [2.05, 4.69) is 71.0 Å². The van der Waals surface area contributed by atoms with Crippen molar-refractivity contribution in [2.45, 2.75) is 75.4 Å². The Morgan fingerprint density at radius 1 is 0.841 bits per heavy atom. The molecule has 1 aromatic heterocycles. The number of fused-ring (bicyclic) bond motifs is 3. The maximum atomic E-state index is 13.4. The number of likely N-dealkylation sites (tertiary alicyclic amines) is 1. The minimum Gasteiger partial charge on any atom is -0.465 e. The number of aryl methyl sites for hydroxylation is 1. The molecule has 3 aliphatic rings. The number of rotatable bonds is 7. The Morgan fingerprint density at radius 3 is 2.16 bits per heavy atom. The van der Waals surface area contributed by atoms with Gasteiger partial charge in [-0.3, -0.25) is 9.69 Å². The topological polar surface area (TPSA) is 67.7 Å². The van der Waals surface area contributed by atoms with Crippen LogP contribution in [0.2, 0.25) is 0 Å². The van der Waals surface area contributed by atoms with Gasteiger partial charge in [-0.15, -0.1) is 0 Å². The highest BCUT2D eigenvalue weighted by atomic mass is 16.5. The van der Waals surface area contributed by atoms with Crippen molar-refractivity contribution < 1.29 is 14.3 Å². The molecule has 0 aliphatic carbocycles. The third-order valence-corrected chi connectivity index (χ3v) is 10.8. The van der Waals surface area contributed by atoms with Crippen LogP contribution in [-0.2, 0) is 10.2 Å². The Balaban J connectivity index is 1.04. The predicted octanol–water partition coefficient (Wildman–Crippen LogP) is 6.56. The van der Waals surface area contributed by atoms with Crippen molar-refractivity contribution in [3.05, 3.63) is 101 Å². The van der Waals surface area contributed by atoms with Gasteiger partial charge in [0.1, 0.15) is 5.82 Å². The first-order valence-electron chi connectivity index (χ1n) is 16.2. The molecular weight excluding hydrogens is 548 g/mol. The fraction of sp³-hybridized carbons (Fsp3) is 0.432. The minimum atomic E-state index is -0.391. The summed E-state index contributed by atoms with van der Waals surface area (Å²) in [4.78, 5) is 34.9. The van der Waals surface area contributed by atoms with Crippen LogP contribution in [0.25, 0.3) is 11.0 Å². The molecule has 0 N–H and O–H groups in total. The molecule has 4 aromatic rings. The van der Waals surface area contributed by atoms with Gasteiger partial charge in [0.2, 0.25) is 0 Å². The van der Waals surface area contributed by atoms with Crippen molar-refractivity contribution in [3.63, 3.8) is 0 Å². The van der Waals surface area contributed by atoms with Crippen LogP contribution in [0, 0.1) is 6.92 Å². The molecule has 2 bridgehead atoms. The third-order valence-electron chi connectivity index (χ3n) is 10.8. The molecule has 228 valence electrons. The summed E-state index contributed by atoms with van der Waals surface area (Å²) in [7, 11) is 1.37. The second-order valence-electron chi connectivity index (χ2n) is 13.0. The van der Waals surface area contributed by atoms with Crippen LogP contribution in [0.4, 0.5) is 0 Å². The number of nitrogens with zero attached hydrogens (tertiary/aromatic N) is 4. The molecule has 2 atom stereocenters. The van der Waals surface area contributed by atoms with E-state index in [1.54, 1.807) is 24.3 Å². The normalized spacial score (nSPS) is 23.1. The van der Waals surface area contributed by atoms with Gasteiger partial charge in [0.05, 0.1) is 23.7 Å². The number of ether oxygens (including phenoxy) is 1. The van der Waals surface area contributed by atoms with Gasteiger partial charge in [-0.05, 0) is 106 Å². The molecule has 7 heteroatoms. The van der Waals surface area contributed by atoms with E-state index in [1.165, 1.54) is 43.9 Å². The van der Waals surface area contributed by atoms with Crippen molar-refractivity contribution >= 4 is 22.9 Å². The van der Waals surface area contributed by atoms with E-state index < -0.39 is 5.97 Å². The molecule has 3 aliphatic heterocycles. The van der Waals surface area contributed by atoms with Gasteiger partial charge in [-0.2, -0.15) is 0 Å². The van der Waals surface area contributed by atoms with Gasteiger partial charge in [-0.1, -0.05) is 42.5 Å². The molecule has 7 nitrogen and oxygen atoms in total. The van der Waals surface area contributed by atoms with Crippen LogP contribution in [0.1, 0.15) is 83.1 Å². The smallest absolute Gasteiger partial charge is 0.337 e. The second kappa shape index (κ2) is 11.8. The highest BCUT2D eigenvalue weighted by Gasteiger charge is 2.44. The summed E-state index contributed by atoms with van der Waals surface area (Å²) < 4.78 is 7.32. The number of esters is 1. The van der Waals surface area contributed by atoms with E-state index in [-0.39, 0.29) is 11.3 Å². The van der Waals surface area contributed by atoms with Crippen molar-refractivity contribution in [2.24, 2.45) is 0 Å². The standard InChI is InChI=1S/C37H42N4O3/c1-26-38-33-10-6-7-11-34(33)41(26)32-24-30-16-17-31(25-32)40(30)23-20-37(29-8-4-3-5-9-29)18-21-39(22-19-37)35(42)27-12-14-28(15-13-27)36(43)44-2/h3-15,30-32H,16-25H2,1-2H3. The lowest BCUT2D eigenvalue weighted by atomic mass is 9.70. The maximum Gasteiger partial charge on any atom is 0.337 e. The highest BCUT2D eigenvalue weighted by molar-refractivity contribution is 5.96. The molecule has 3 fully saturated rings. The van der Waals surface area contributed by atoms with Gasteiger partial charge >= 0.3 is 5.97 Å². The first kappa shape index (κ1) is 28.8. The number of aromatic nitrogens is 2. The molecule has 0 radical (unpaired) electrons. The number of piperidine rings is 2. The molecule has 3 saturated heterocycles. The molecule has 0 saturated carbocycles. The van der Waals surface area contributed by atoms with Gasteiger partial charge in [0, 0.05) is 36.8 Å². The number of carbonyl (C=O) groups is 2. The Morgan fingerprint density at radius 2 is 1.48 bits per heavy atom. The number of methoxy groups -OCH3 is 1. The predicted molar refractivity (Wildman–Crippen MR) is 172 cm³/mol. The molecule has 0 spiro atoms. The Labute approximate surface area is 259 Å². The van der Waals surface area contributed by atoms with Crippen molar-refractivity contribution in [1.29, 1.82) is 0 Å². The van der Waals surface area contributed by atoms with Crippen LogP contribution in [0.5, 0.6) is 0 Å². The lowest BCUT2D eigenvalue weighted by Gasteiger charge is -2.45. The summed E-state index contributed by atoms with van der Waals surface area (Å²) in [5.41, 5.74) is 4.90. The lowest BCUT2D eigenvalue weighted by molar-refractivity contribution is 0.0590. The zero-order valence-electron chi connectivity index (χ0n) is 25.8. The average molecular weight is 591 g/mol. The van der Waals surface area contributed by atoms with Crippen LogP contribution in [-0.4, -0.2) is 70.1 Å². The van der Waals surface area contributed by atoms with Crippen LogP contribution >= 0.6 is 0 Å². The molecule has 2 unspecified atom stereocenters. The molecule has 7 rings (SSSR count). The van der Waals surface area contributed by atoms with Gasteiger partial charge in [-0.25, -0.2) is 9.78 Å². The summed E-state index contributed by atoms with van der Waals surface area (Å²) in [5, 5.41) is 0. The van der Waals surface area contributed by atoms with E-state index in [1.807, 2.05) is 4.90 Å². The SMILES string of the molecule is COC(=O)c1ccc(C(=O)N2CCC(CCN3C4CCC3CC(n3c(C)nc5ccccc53)C4)(c3ccccc3)CC2)cc1. The zero-order valence-corrected chi connectivity index (χ0v) is 25.8. The number of carbonyl (C=O) groups excluding carboxylic acids is 2. The Hall–Kier alpha value is -3.97. The van der Waals surface area contributed by atoms with E-state index in [4.69, 9.17) is 9.72 Å². The van der Waals surface area contributed by atoms with Crippen LogP contribution < -0.4 is 0 Å². The van der Waals surface area contributed by atoms with Crippen molar-refractivity contribution in [3.8, 4) is 0 Å². The Bertz CT molecular complexity index is 1620. The average Bonchev–Trinajstić information content (AvgIpc) is 3.53. The summed E-state index contributed by atoms with van der Waals surface area (Å²) in [6.07, 6.45) is 7.95. The molecule has 44 heavy (non-hydrogen) atoms. The largest absolute Gasteiger partial charge is 0.465 e. The van der Waals surface area contributed by atoms with Crippen LogP contribution in [0.3, 0.4) is 0 Å². The van der Waals surface area contributed by atoms with E-state index >= 15 is 0 Å². The number of hydrogen-bond donors (Lipinski definition) is 0. The number of hydrogen-bond acceptors (Lipinski definition) is 5. The summed E-state index contributed by atoms with van der Waals surface area (Å²) >= 11 is 0. The van der Waals surface area contributed by atoms with Crippen LogP contribution in [0.15, 0.2) is 78.9 Å². The molecule has 1 amide bonds. The summed E-state index contributed by atoms with van der Waals surface area (Å²) in [5.74, 6) is 0.774. The number of imidazole rings is 1. The summed E-state index contributed by atoms with van der Waals surface area (Å²) in [6, 6.07) is 28.1. The summed E-state index contributed by atoms with van der Waals surface area (Å²) in [6.45, 7) is 4.72. The van der Waals surface area contributed by atoms with Crippen molar-refractivity contribution in [2.75, 3.05) is 26.7 Å². The number of benzene rings is 3. The van der Waals surface area contributed by atoms with Gasteiger partial charge in [0.25, 0.3) is 5.91 Å². The molecular formula is C37H42N4O3. The fourth-order valence-corrected chi connectivity index (χ4v) is 8.45. The third kappa shape index (κ3) is 5.21. The maximum absolute atomic E-state index is 13.4. The second-order valence-corrected chi connectivity index (χ2v) is 13.0. The number of para-hydroxylation sites is 2.